The summed E-state index contributed by atoms with van der Waals surface area (Å²) in [6, 6.07) is 7.41. The van der Waals surface area contributed by atoms with Crippen molar-refractivity contribution in [2.45, 2.75) is 43.1 Å². The lowest BCUT2D eigenvalue weighted by Gasteiger charge is -2.15. The van der Waals surface area contributed by atoms with Gasteiger partial charge in [-0.1, -0.05) is 17.8 Å². The molecule has 1 aliphatic rings. The normalized spacial score (nSPS) is 13.6. The molecule has 0 bridgehead atoms. The van der Waals surface area contributed by atoms with Crippen molar-refractivity contribution in [1.82, 2.24) is 19.5 Å². The average molecular weight is 396 g/mol. The van der Waals surface area contributed by atoms with Gasteiger partial charge in [0.1, 0.15) is 5.65 Å². The summed E-state index contributed by atoms with van der Waals surface area (Å²) >= 11 is 1.44. The molecule has 0 saturated heterocycles. The zero-order valence-corrected chi connectivity index (χ0v) is 16.5. The van der Waals surface area contributed by atoms with Crippen LogP contribution < -0.4 is 5.56 Å². The second kappa shape index (κ2) is 7.71. The van der Waals surface area contributed by atoms with E-state index in [1.54, 1.807) is 12.3 Å². The van der Waals surface area contributed by atoms with Gasteiger partial charge in [-0.2, -0.15) is 4.98 Å². The van der Waals surface area contributed by atoms with Gasteiger partial charge in [-0.25, -0.2) is 9.78 Å². The number of methoxy groups -OCH3 is 1. The van der Waals surface area contributed by atoms with E-state index >= 15 is 0 Å². The van der Waals surface area contributed by atoms with E-state index in [1.807, 2.05) is 29.7 Å². The van der Waals surface area contributed by atoms with E-state index in [1.165, 1.54) is 18.9 Å². The number of aromatic nitrogens is 4. The van der Waals surface area contributed by atoms with Gasteiger partial charge in [0.25, 0.3) is 5.56 Å². The number of esters is 1. The predicted octanol–water partition coefficient (Wildman–Crippen LogP) is 3.16. The molecule has 7 nitrogen and oxygen atoms in total. The number of aryl methyl sites for hydroxylation is 1. The van der Waals surface area contributed by atoms with Crippen LogP contribution in [0.25, 0.3) is 11.0 Å². The van der Waals surface area contributed by atoms with Gasteiger partial charge in [-0.15, -0.1) is 0 Å². The van der Waals surface area contributed by atoms with E-state index in [4.69, 9.17) is 9.72 Å². The lowest BCUT2D eigenvalue weighted by Crippen LogP contribution is -2.20. The number of hydrogen-bond acceptors (Lipinski definition) is 7. The first kappa shape index (κ1) is 18.6. The molecule has 1 aliphatic carbocycles. The molecule has 4 rings (SSSR count). The fraction of sp³-hybridized carbons (Fsp3) is 0.350. The van der Waals surface area contributed by atoms with Crippen molar-refractivity contribution < 1.29 is 9.53 Å². The van der Waals surface area contributed by atoms with Gasteiger partial charge < -0.3 is 9.30 Å². The quantitative estimate of drug-likeness (QED) is 0.359. The van der Waals surface area contributed by atoms with Crippen molar-refractivity contribution >= 4 is 28.8 Å². The molecule has 144 valence electrons. The summed E-state index contributed by atoms with van der Waals surface area (Å²) in [5, 5.41) is 0.794. The Balaban J connectivity index is 1.86. The molecule has 1 fully saturated rings. The van der Waals surface area contributed by atoms with Gasteiger partial charge >= 0.3 is 5.97 Å². The van der Waals surface area contributed by atoms with Gasteiger partial charge in [-0.3, -0.25) is 9.78 Å². The Labute approximate surface area is 166 Å². The monoisotopic (exact) mass is 396 g/mol. The highest BCUT2D eigenvalue weighted by molar-refractivity contribution is 7.98. The second-order valence-electron chi connectivity index (χ2n) is 6.61. The van der Waals surface area contributed by atoms with E-state index in [0.29, 0.717) is 29.0 Å². The third kappa shape index (κ3) is 3.52. The molecule has 3 heterocycles. The average Bonchev–Trinajstić information content (AvgIpc) is 3.57. The van der Waals surface area contributed by atoms with Crippen molar-refractivity contribution in [2.24, 2.45) is 0 Å². The van der Waals surface area contributed by atoms with E-state index < -0.39 is 11.5 Å². The van der Waals surface area contributed by atoms with Crippen LogP contribution in [-0.4, -0.2) is 32.6 Å². The molecule has 3 aromatic heterocycles. The van der Waals surface area contributed by atoms with E-state index in [2.05, 4.69) is 9.97 Å². The van der Waals surface area contributed by atoms with Crippen LogP contribution in [-0.2, 0) is 17.0 Å². The molecule has 0 radical (unpaired) electrons. The summed E-state index contributed by atoms with van der Waals surface area (Å²) in [7, 11) is 1.31. The molecule has 0 amide bonds. The van der Waals surface area contributed by atoms with E-state index in [9.17, 15) is 9.59 Å². The number of carbonyl (C=O) groups excluding carboxylic acids is 1. The maximum Gasteiger partial charge on any atom is 0.338 e. The number of thioether (sulfide) groups is 1. The number of carbonyl (C=O) groups is 1. The van der Waals surface area contributed by atoms with Crippen molar-refractivity contribution in [1.29, 1.82) is 0 Å². The SMILES string of the molecule is CCn1c(SCc2ccccn2)nc(=O)c2c(C(=O)OC)cc(C3CC3)nc21. The summed E-state index contributed by atoms with van der Waals surface area (Å²) in [5.41, 5.74) is 2.02. The van der Waals surface area contributed by atoms with Crippen LogP contribution in [0.2, 0.25) is 0 Å². The smallest absolute Gasteiger partial charge is 0.338 e. The third-order valence-electron chi connectivity index (χ3n) is 4.71. The first-order valence-electron chi connectivity index (χ1n) is 9.18. The standard InChI is InChI=1S/C20H20N4O3S/c1-3-24-17-16(14(19(26)27-2)10-15(22-17)12-7-8-12)18(25)23-20(24)28-11-13-6-4-5-9-21-13/h4-6,9-10,12H,3,7-8,11H2,1-2H3. The van der Waals surface area contributed by atoms with Crippen LogP contribution in [0.15, 0.2) is 40.4 Å². The fourth-order valence-electron chi connectivity index (χ4n) is 3.13. The van der Waals surface area contributed by atoms with Gasteiger partial charge in [0.15, 0.2) is 5.16 Å². The van der Waals surface area contributed by atoms with Crippen molar-refractivity contribution in [3.63, 3.8) is 0 Å². The molecular weight excluding hydrogens is 376 g/mol. The molecule has 0 atom stereocenters. The van der Waals surface area contributed by atoms with Gasteiger partial charge in [-0.05, 0) is 38.0 Å². The lowest BCUT2D eigenvalue weighted by molar-refractivity contribution is 0.0602. The Bertz CT molecular complexity index is 1090. The third-order valence-corrected chi connectivity index (χ3v) is 5.72. The zero-order chi connectivity index (χ0) is 19.7. The van der Waals surface area contributed by atoms with Crippen molar-refractivity contribution in [3.05, 3.63) is 57.8 Å². The van der Waals surface area contributed by atoms with Crippen LogP contribution >= 0.6 is 11.8 Å². The van der Waals surface area contributed by atoms with Crippen molar-refractivity contribution in [2.75, 3.05) is 7.11 Å². The zero-order valence-electron chi connectivity index (χ0n) is 15.7. The Morgan fingerprint density at radius 3 is 2.79 bits per heavy atom. The summed E-state index contributed by atoms with van der Waals surface area (Å²) in [5.74, 6) is 0.390. The highest BCUT2D eigenvalue weighted by Crippen LogP contribution is 2.40. The highest BCUT2D eigenvalue weighted by Gasteiger charge is 2.29. The topological polar surface area (TPSA) is 87.0 Å². The number of pyridine rings is 2. The van der Waals surface area contributed by atoms with E-state index in [0.717, 1.165) is 24.2 Å². The minimum absolute atomic E-state index is 0.222. The molecule has 0 spiro atoms. The molecule has 1 saturated carbocycles. The number of rotatable bonds is 6. The number of fused-ring (bicyclic) bond motifs is 1. The number of ether oxygens (including phenoxy) is 1. The maximum atomic E-state index is 12.8. The first-order chi connectivity index (χ1) is 13.6. The van der Waals surface area contributed by atoms with Gasteiger partial charge in [0, 0.05) is 30.1 Å². The molecule has 0 unspecified atom stereocenters. The van der Waals surface area contributed by atoms with Crippen LogP contribution in [0.1, 0.15) is 47.4 Å². The van der Waals surface area contributed by atoms with Crippen LogP contribution in [0.5, 0.6) is 0 Å². The largest absolute Gasteiger partial charge is 0.465 e. The van der Waals surface area contributed by atoms with E-state index in [-0.39, 0.29) is 10.9 Å². The molecule has 28 heavy (non-hydrogen) atoms. The summed E-state index contributed by atoms with van der Waals surface area (Å²) < 4.78 is 6.80. The second-order valence-corrected chi connectivity index (χ2v) is 7.56. The predicted molar refractivity (Wildman–Crippen MR) is 107 cm³/mol. The van der Waals surface area contributed by atoms with Crippen LogP contribution in [0, 0.1) is 0 Å². The molecule has 0 N–H and O–H groups in total. The van der Waals surface area contributed by atoms with Gasteiger partial charge in [0.2, 0.25) is 0 Å². The summed E-state index contributed by atoms with van der Waals surface area (Å²) in [6.07, 6.45) is 3.83. The Hall–Kier alpha value is -2.74. The molecule has 3 aromatic rings. The lowest BCUT2D eigenvalue weighted by atomic mass is 10.1. The van der Waals surface area contributed by atoms with Gasteiger partial charge in [0.05, 0.1) is 23.8 Å². The number of nitrogens with zero attached hydrogens (tertiary/aromatic N) is 4. The Morgan fingerprint density at radius 1 is 1.32 bits per heavy atom. The molecule has 0 aromatic carbocycles. The Morgan fingerprint density at radius 2 is 2.14 bits per heavy atom. The molecule has 0 aliphatic heterocycles. The summed E-state index contributed by atoms with van der Waals surface area (Å²) in [4.78, 5) is 38.5. The van der Waals surface area contributed by atoms with Crippen LogP contribution in [0.4, 0.5) is 0 Å². The van der Waals surface area contributed by atoms with Crippen molar-refractivity contribution in [3.8, 4) is 0 Å². The van der Waals surface area contributed by atoms with Crippen LogP contribution in [0.3, 0.4) is 0 Å². The number of hydrogen-bond donors (Lipinski definition) is 0. The first-order valence-corrected chi connectivity index (χ1v) is 10.2. The Kier molecular flexibility index (Phi) is 5.13. The molecule has 8 heteroatoms. The minimum Gasteiger partial charge on any atom is -0.465 e. The fourth-order valence-corrected chi connectivity index (χ4v) is 4.09. The highest BCUT2D eigenvalue weighted by atomic mass is 32.2. The molecular formula is C20H20N4O3S. The minimum atomic E-state index is -0.537. The maximum absolute atomic E-state index is 12.8. The summed E-state index contributed by atoms with van der Waals surface area (Å²) in [6.45, 7) is 2.55.